The lowest BCUT2D eigenvalue weighted by atomic mass is 10.0. The molecule has 0 fully saturated rings. The SMILES string of the molecule is COc1c(C)cc(C)cc1CCOCC(=O)O. The minimum atomic E-state index is -0.947. The summed E-state index contributed by atoms with van der Waals surface area (Å²) in [4.78, 5) is 10.3. The van der Waals surface area contributed by atoms with E-state index >= 15 is 0 Å². The highest BCUT2D eigenvalue weighted by Crippen LogP contribution is 2.25. The van der Waals surface area contributed by atoms with Crippen molar-refractivity contribution in [2.75, 3.05) is 20.3 Å². The third-order valence-corrected chi connectivity index (χ3v) is 2.44. The molecule has 1 rings (SSSR count). The first kappa shape index (κ1) is 13.5. The van der Waals surface area contributed by atoms with Crippen LogP contribution in [0.15, 0.2) is 12.1 Å². The van der Waals surface area contributed by atoms with Crippen LogP contribution in [0.2, 0.25) is 0 Å². The monoisotopic (exact) mass is 238 g/mol. The lowest BCUT2D eigenvalue weighted by molar-refractivity contribution is -0.142. The van der Waals surface area contributed by atoms with Crippen LogP contribution in [0.1, 0.15) is 16.7 Å². The van der Waals surface area contributed by atoms with Gasteiger partial charge in [0.1, 0.15) is 12.4 Å². The molecule has 0 aliphatic heterocycles. The zero-order valence-electron chi connectivity index (χ0n) is 10.4. The molecule has 0 aliphatic rings. The molecule has 0 saturated carbocycles. The van der Waals surface area contributed by atoms with E-state index in [-0.39, 0.29) is 6.61 Å². The third-order valence-electron chi connectivity index (χ3n) is 2.44. The summed E-state index contributed by atoms with van der Waals surface area (Å²) in [7, 11) is 1.64. The molecule has 4 nitrogen and oxygen atoms in total. The first-order valence-electron chi connectivity index (χ1n) is 5.48. The predicted molar refractivity (Wildman–Crippen MR) is 64.6 cm³/mol. The van der Waals surface area contributed by atoms with Crippen LogP contribution < -0.4 is 4.74 Å². The minimum absolute atomic E-state index is 0.257. The van der Waals surface area contributed by atoms with Crippen LogP contribution in [0.5, 0.6) is 5.75 Å². The van der Waals surface area contributed by atoms with Crippen molar-refractivity contribution in [3.8, 4) is 5.75 Å². The quantitative estimate of drug-likeness (QED) is 0.770. The summed E-state index contributed by atoms with van der Waals surface area (Å²) in [6, 6.07) is 4.09. The van der Waals surface area contributed by atoms with Crippen molar-refractivity contribution < 1.29 is 19.4 Å². The number of ether oxygens (including phenoxy) is 2. The Balaban J connectivity index is 2.66. The fourth-order valence-corrected chi connectivity index (χ4v) is 1.86. The Hall–Kier alpha value is -1.55. The fourth-order valence-electron chi connectivity index (χ4n) is 1.86. The molecule has 0 saturated heterocycles. The Kier molecular flexibility index (Phi) is 4.97. The Morgan fingerprint density at radius 2 is 2.06 bits per heavy atom. The molecule has 1 N–H and O–H groups in total. The molecule has 94 valence electrons. The van der Waals surface area contributed by atoms with Crippen LogP contribution in [-0.4, -0.2) is 31.4 Å². The fraction of sp³-hybridized carbons (Fsp3) is 0.462. The van der Waals surface area contributed by atoms with E-state index < -0.39 is 5.97 Å². The second kappa shape index (κ2) is 6.25. The number of carboxylic acids is 1. The van der Waals surface area contributed by atoms with Gasteiger partial charge in [0, 0.05) is 0 Å². The zero-order chi connectivity index (χ0) is 12.8. The molecule has 0 bridgehead atoms. The largest absolute Gasteiger partial charge is 0.496 e. The van der Waals surface area contributed by atoms with Crippen molar-refractivity contribution in [1.82, 2.24) is 0 Å². The van der Waals surface area contributed by atoms with E-state index in [2.05, 4.69) is 6.07 Å². The molecular formula is C13H18O4. The Bertz CT molecular complexity index is 399. The molecule has 0 amide bonds. The van der Waals surface area contributed by atoms with Gasteiger partial charge in [-0.3, -0.25) is 0 Å². The van der Waals surface area contributed by atoms with E-state index in [1.165, 1.54) is 0 Å². The average molecular weight is 238 g/mol. The van der Waals surface area contributed by atoms with Crippen molar-refractivity contribution in [2.45, 2.75) is 20.3 Å². The van der Waals surface area contributed by atoms with Crippen LogP contribution >= 0.6 is 0 Å². The standard InChI is InChI=1S/C13H18O4/c1-9-6-10(2)13(16-3)11(7-9)4-5-17-8-12(14)15/h6-7H,4-5,8H2,1-3H3,(H,14,15). The number of hydrogen-bond donors (Lipinski definition) is 1. The number of aliphatic carboxylic acids is 1. The molecule has 1 aromatic rings. The predicted octanol–water partition coefficient (Wildman–Crippen LogP) is 1.96. The van der Waals surface area contributed by atoms with Gasteiger partial charge in [-0.2, -0.15) is 0 Å². The minimum Gasteiger partial charge on any atom is -0.496 e. The maximum Gasteiger partial charge on any atom is 0.329 e. The number of benzene rings is 1. The van der Waals surface area contributed by atoms with Crippen molar-refractivity contribution >= 4 is 5.97 Å². The van der Waals surface area contributed by atoms with E-state index in [0.29, 0.717) is 13.0 Å². The van der Waals surface area contributed by atoms with Crippen LogP contribution in [0.25, 0.3) is 0 Å². The van der Waals surface area contributed by atoms with E-state index in [1.807, 2.05) is 19.9 Å². The van der Waals surface area contributed by atoms with Crippen LogP contribution in [0, 0.1) is 13.8 Å². The summed E-state index contributed by atoms with van der Waals surface area (Å²) in [5.74, 6) is -0.0908. The second-order valence-electron chi connectivity index (χ2n) is 3.97. The number of carboxylic acid groups (broad SMARTS) is 1. The lowest BCUT2D eigenvalue weighted by Gasteiger charge is -2.12. The molecule has 0 radical (unpaired) electrons. The van der Waals surface area contributed by atoms with Gasteiger partial charge >= 0.3 is 5.97 Å². The summed E-state index contributed by atoms with van der Waals surface area (Å²) < 4.78 is 10.4. The summed E-state index contributed by atoms with van der Waals surface area (Å²) >= 11 is 0. The van der Waals surface area contributed by atoms with Gasteiger partial charge in [0.2, 0.25) is 0 Å². The van der Waals surface area contributed by atoms with Gasteiger partial charge < -0.3 is 14.6 Å². The van der Waals surface area contributed by atoms with Crippen molar-refractivity contribution in [2.24, 2.45) is 0 Å². The van der Waals surface area contributed by atoms with Gasteiger partial charge in [0.05, 0.1) is 13.7 Å². The number of carbonyl (C=O) groups is 1. The number of methoxy groups -OCH3 is 1. The Morgan fingerprint density at radius 3 is 2.65 bits per heavy atom. The van der Waals surface area contributed by atoms with Gasteiger partial charge in [0.15, 0.2) is 0 Å². The van der Waals surface area contributed by atoms with Crippen molar-refractivity contribution in [1.29, 1.82) is 0 Å². The molecule has 0 heterocycles. The first-order chi connectivity index (χ1) is 8.04. The highest BCUT2D eigenvalue weighted by molar-refractivity contribution is 5.67. The van der Waals surface area contributed by atoms with E-state index in [0.717, 1.165) is 22.4 Å². The molecule has 0 aromatic heterocycles. The Morgan fingerprint density at radius 1 is 1.35 bits per heavy atom. The van der Waals surface area contributed by atoms with E-state index in [1.54, 1.807) is 7.11 Å². The van der Waals surface area contributed by atoms with Crippen molar-refractivity contribution in [3.63, 3.8) is 0 Å². The van der Waals surface area contributed by atoms with Gasteiger partial charge in [-0.05, 0) is 31.4 Å². The second-order valence-corrected chi connectivity index (χ2v) is 3.97. The molecule has 0 atom stereocenters. The van der Waals surface area contributed by atoms with Gasteiger partial charge in [0.25, 0.3) is 0 Å². The molecule has 1 aromatic carbocycles. The maximum atomic E-state index is 10.3. The van der Waals surface area contributed by atoms with Gasteiger partial charge in [-0.15, -0.1) is 0 Å². The third kappa shape index (κ3) is 4.07. The highest BCUT2D eigenvalue weighted by Gasteiger charge is 2.07. The Labute approximate surface area is 101 Å². The normalized spacial score (nSPS) is 10.3. The molecule has 0 aliphatic carbocycles. The molecule has 17 heavy (non-hydrogen) atoms. The maximum absolute atomic E-state index is 10.3. The summed E-state index contributed by atoms with van der Waals surface area (Å²) in [5, 5.41) is 8.45. The molecular weight excluding hydrogens is 220 g/mol. The van der Waals surface area contributed by atoms with Crippen molar-refractivity contribution in [3.05, 3.63) is 28.8 Å². The topological polar surface area (TPSA) is 55.8 Å². The summed E-state index contributed by atoms with van der Waals surface area (Å²) in [5.41, 5.74) is 3.30. The van der Waals surface area contributed by atoms with Crippen LogP contribution in [0.3, 0.4) is 0 Å². The number of hydrogen-bond acceptors (Lipinski definition) is 3. The summed E-state index contributed by atoms with van der Waals surface area (Å²) in [6.45, 7) is 4.14. The van der Waals surface area contributed by atoms with Gasteiger partial charge in [-0.25, -0.2) is 4.79 Å². The molecule has 0 spiro atoms. The smallest absolute Gasteiger partial charge is 0.329 e. The lowest BCUT2D eigenvalue weighted by Crippen LogP contribution is -2.09. The summed E-state index contributed by atoms with van der Waals surface area (Å²) in [6.07, 6.45) is 0.652. The van der Waals surface area contributed by atoms with Crippen LogP contribution in [0.4, 0.5) is 0 Å². The molecule has 4 heteroatoms. The number of rotatable bonds is 6. The van der Waals surface area contributed by atoms with Gasteiger partial charge in [-0.1, -0.05) is 17.7 Å². The zero-order valence-corrected chi connectivity index (χ0v) is 10.4. The number of aryl methyl sites for hydroxylation is 2. The van der Waals surface area contributed by atoms with E-state index in [9.17, 15) is 4.79 Å². The highest BCUT2D eigenvalue weighted by atomic mass is 16.5. The molecule has 0 unspecified atom stereocenters. The van der Waals surface area contributed by atoms with Crippen LogP contribution in [-0.2, 0) is 16.0 Å². The van der Waals surface area contributed by atoms with E-state index in [4.69, 9.17) is 14.6 Å². The average Bonchev–Trinajstić information content (AvgIpc) is 2.23. The first-order valence-corrected chi connectivity index (χ1v) is 5.48.